The summed E-state index contributed by atoms with van der Waals surface area (Å²) >= 11 is 0. The Kier molecular flexibility index (Phi) is 4.60. The Morgan fingerprint density at radius 1 is 1.20 bits per heavy atom. The van der Waals surface area contributed by atoms with Gasteiger partial charge in [-0.3, -0.25) is 4.98 Å². The Balaban J connectivity index is 2.28. The molecule has 0 radical (unpaired) electrons. The highest BCUT2D eigenvalue weighted by molar-refractivity contribution is 7.90. The van der Waals surface area contributed by atoms with Crippen LogP contribution in [0.25, 0.3) is 10.9 Å². The van der Waals surface area contributed by atoms with Gasteiger partial charge in [-0.15, -0.1) is 0 Å². The first-order chi connectivity index (χ1) is 9.53. The molecule has 0 atom stereocenters. The molecule has 0 saturated heterocycles. The van der Waals surface area contributed by atoms with Crippen LogP contribution in [0.5, 0.6) is 0 Å². The summed E-state index contributed by atoms with van der Waals surface area (Å²) in [4.78, 5) is 4.28. The van der Waals surface area contributed by atoms with E-state index in [1.807, 2.05) is 6.07 Å². The van der Waals surface area contributed by atoms with Gasteiger partial charge in [-0.05, 0) is 30.2 Å². The SMILES string of the molecule is CCCCCS(=O)(=O)Cc1ccc(N)c2cccnc12. The zero-order chi connectivity index (χ0) is 14.6. The van der Waals surface area contributed by atoms with Crippen LogP contribution in [-0.4, -0.2) is 19.2 Å². The summed E-state index contributed by atoms with van der Waals surface area (Å²) in [5.41, 5.74) is 7.94. The first-order valence-corrected chi connectivity index (χ1v) is 8.68. The van der Waals surface area contributed by atoms with Crippen molar-refractivity contribution in [2.45, 2.75) is 31.9 Å². The fraction of sp³-hybridized carbons (Fsp3) is 0.400. The minimum absolute atomic E-state index is 0.0322. The fourth-order valence-corrected chi connectivity index (χ4v) is 3.75. The molecule has 0 bridgehead atoms. The second-order valence-electron chi connectivity index (χ2n) is 5.01. The van der Waals surface area contributed by atoms with E-state index in [9.17, 15) is 8.42 Å². The van der Waals surface area contributed by atoms with Crippen molar-refractivity contribution in [3.05, 3.63) is 36.0 Å². The van der Waals surface area contributed by atoms with Gasteiger partial charge in [0.05, 0.1) is 17.0 Å². The van der Waals surface area contributed by atoms with Gasteiger partial charge < -0.3 is 5.73 Å². The lowest BCUT2D eigenvalue weighted by atomic mass is 10.1. The van der Waals surface area contributed by atoms with E-state index >= 15 is 0 Å². The number of nitrogen functional groups attached to an aromatic ring is 1. The minimum Gasteiger partial charge on any atom is -0.398 e. The summed E-state index contributed by atoms with van der Waals surface area (Å²) in [6.45, 7) is 2.06. The summed E-state index contributed by atoms with van der Waals surface area (Å²) in [5.74, 6) is 0.268. The topological polar surface area (TPSA) is 73.0 Å². The highest BCUT2D eigenvalue weighted by atomic mass is 32.2. The Labute approximate surface area is 119 Å². The van der Waals surface area contributed by atoms with Crippen LogP contribution in [0, 0.1) is 0 Å². The van der Waals surface area contributed by atoms with Crippen LogP contribution < -0.4 is 5.73 Å². The van der Waals surface area contributed by atoms with Crippen LogP contribution in [0.2, 0.25) is 0 Å². The summed E-state index contributed by atoms with van der Waals surface area (Å²) in [5, 5.41) is 0.814. The molecule has 4 nitrogen and oxygen atoms in total. The number of pyridine rings is 1. The molecule has 0 saturated carbocycles. The quantitative estimate of drug-likeness (QED) is 0.656. The third kappa shape index (κ3) is 3.48. The maximum atomic E-state index is 12.1. The Hall–Kier alpha value is -1.62. The van der Waals surface area contributed by atoms with Crippen molar-refractivity contribution in [1.29, 1.82) is 0 Å². The predicted octanol–water partition coefficient (Wildman–Crippen LogP) is 2.92. The number of rotatable bonds is 6. The average Bonchev–Trinajstić information content (AvgIpc) is 2.42. The number of unbranched alkanes of at least 4 members (excludes halogenated alkanes) is 2. The van der Waals surface area contributed by atoms with E-state index in [0.29, 0.717) is 11.2 Å². The lowest BCUT2D eigenvalue weighted by Crippen LogP contribution is -2.10. The molecule has 0 aliphatic carbocycles. The van der Waals surface area contributed by atoms with Crippen molar-refractivity contribution in [2.75, 3.05) is 11.5 Å². The second kappa shape index (κ2) is 6.22. The van der Waals surface area contributed by atoms with E-state index in [4.69, 9.17) is 5.73 Å². The number of hydrogen-bond acceptors (Lipinski definition) is 4. The van der Waals surface area contributed by atoms with E-state index in [0.717, 1.165) is 30.2 Å². The summed E-state index contributed by atoms with van der Waals surface area (Å²) in [6, 6.07) is 7.19. The number of hydrogen-bond donors (Lipinski definition) is 1. The first-order valence-electron chi connectivity index (χ1n) is 6.86. The number of benzene rings is 1. The van der Waals surface area contributed by atoms with Crippen LogP contribution in [-0.2, 0) is 15.6 Å². The number of aromatic nitrogens is 1. The van der Waals surface area contributed by atoms with Crippen LogP contribution >= 0.6 is 0 Å². The van der Waals surface area contributed by atoms with Gasteiger partial charge in [-0.25, -0.2) is 8.42 Å². The molecule has 1 aromatic carbocycles. The lowest BCUT2D eigenvalue weighted by molar-refractivity contribution is 0.590. The van der Waals surface area contributed by atoms with Gasteiger partial charge in [0.2, 0.25) is 0 Å². The highest BCUT2D eigenvalue weighted by Crippen LogP contribution is 2.24. The Morgan fingerprint density at radius 3 is 2.75 bits per heavy atom. The predicted molar refractivity (Wildman–Crippen MR) is 83.2 cm³/mol. The van der Waals surface area contributed by atoms with Crippen molar-refractivity contribution >= 4 is 26.4 Å². The molecule has 1 aromatic heterocycles. The minimum atomic E-state index is -3.09. The summed E-state index contributed by atoms with van der Waals surface area (Å²) in [6.07, 6.45) is 4.34. The van der Waals surface area contributed by atoms with Crippen LogP contribution in [0.4, 0.5) is 5.69 Å². The molecular weight excluding hydrogens is 272 g/mol. The Morgan fingerprint density at radius 2 is 2.00 bits per heavy atom. The first kappa shape index (κ1) is 14.8. The molecule has 2 N–H and O–H groups in total. The van der Waals surface area contributed by atoms with E-state index in [-0.39, 0.29) is 11.5 Å². The van der Waals surface area contributed by atoms with Crippen molar-refractivity contribution in [1.82, 2.24) is 4.98 Å². The van der Waals surface area contributed by atoms with Crippen molar-refractivity contribution in [3.63, 3.8) is 0 Å². The van der Waals surface area contributed by atoms with Gasteiger partial charge in [0.25, 0.3) is 0 Å². The van der Waals surface area contributed by atoms with Crippen LogP contribution in [0.3, 0.4) is 0 Å². The summed E-state index contributed by atoms with van der Waals surface area (Å²) < 4.78 is 24.3. The molecule has 1 heterocycles. The second-order valence-corrected chi connectivity index (χ2v) is 7.20. The van der Waals surface area contributed by atoms with E-state index in [1.54, 1.807) is 24.4 Å². The fourth-order valence-electron chi connectivity index (χ4n) is 2.25. The van der Waals surface area contributed by atoms with E-state index in [2.05, 4.69) is 11.9 Å². The molecule has 0 aliphatic heterocycles. The standard InChI is InChI=1S/C15H20N2O2S/c1-2-3-4-10-20(18,19)11-12-7-8-14(16)13-6-5-9-17-15(12)13/h5-9H,2-4,10-11,16H2,1H3. The third-order valence-electron chi connectivity index (χ3n) is 3.32. The molecule has 20 heavy (non-hydrogen) atoms. The van der Waals surface area contributed by atoms with Crippen LogP contribution in [0.1, 0.15) is 31.7 Å². The zero-order valence-electron chi connectivity index (χ0n) is 11.7. The lowest BCUT2D eigenvalue weighted by Gasteiger charge is -2.08. The maximum absolute atomic E-state index is 12.1. The van der Waals surface area contributed by atoms with Gasteiger partial charge in [-0.2, -0.15) is 0 Å². The van der Waals surface area contributed by atoms with Crippen LogP contribution in [0.15, 0.2) is 30.5 Å². The molecule has 0 spiro atoms. The average molecular weight is 292 g/mol. The maximum Gasteiger partial charge on any atom is 0.154 e. The summed E-state index contributed by atoms with van der Waals surface area (Å²) in [7, 11) is -3.09. The van der Waals surface area contributed by atoms with Gasteiger partial charge in [0.1, 0.15) is 0 Å². The molecule has 0 fully saturated rings. The molecule has 0 unspecified atom stereocenters. The number of nitrogens with two attached hydrogens (primary N) is 1. The number of sulfone groups is 1. The van der Waals surface area contributed by atoms with Crippen molar-refractivity contribution in [2.24, 2.45) is 0 Å². The molecule has 108 valence electrons. The van der Waals surface area contributed by atoms with Gasteiger partial charge in [-0.1, -0.05) is 25.8 Å². The molecule has 0 amide bonds. The zero-order valence-corrected chi connectivity index (χ0v) is 12.5. The smallest absolute Gasteiger partial charge is 0.154 e. The van der Waals surface area contributed by atoms with E-state index in [1.165, 1.54) is 0 Å². The monoisotopic (exact) mass is 292 g/mol. The molecule has 0 aliphatic rings. The van der Waals surface area contributed by atoms with Gasteiger partial charge in [0.15, 0.2) is 9.84 Å². The normalized spacial score (nSPS) is 11.8. The highest BCUT2D eigenvalue weighted by Gasteiger charge is 2.15. The third-order valence-corrected chi connectivity index (χ3v) is 4.98. The number of nitrogens with zero attached hydrogens (tertiary/aromatic N) is 1. The van der Waals surface area contributed by atoms with Crippen molar-refractivity contribution in [3.8, 4) is 0 Å². The molecular formula is C15H20N2O2S. The molecule has 2 rings (SSSR count). The van der Waals surface area contributed by atoms with E-state index < -0.39 is 9.84 Å². The number of anilines is 1. The molecule has 2 aromatic rings. The largest absolute Gasteiger partial charge is 0.398 e. The Bertz CT molecular complexity index is 696. The van der Waals surface area contributed by atoms with Crippen molar-refractivity contribution < 1.29 is 8.42 Å². The van der Waals surface area contributed by atoms with Gasteiger partial charge >= 0.3 is 0 Å². The number of fused-ring (bicyclic) bond motifs is 1. The molecule has 5 heteroatoms. The van der Waals surface area contributed by atoms with Gasteiger partial charge in [0, 0.05) is 17.3 Å².